The van der Waals surface area contributed by atoms with Gasteiger partial charge < -0.3 is 0 Å². The molecule has 2 heteroatoms. The summed E-state index contributed by atoms with van der Waals surface area (Å²) in [6.45, 7) is 5.03. The Bertz CT molecular complexity index is 281. The molecule has 1 fully saturated rings. The van der Waals surface area contributed by atoms with Crippen molar-refractivity contribution in [2.24, 2.45) is 0 Å². The molecule has 0 unspecified atom stereocenters. The lowest BCUT2D eigenvalue weighted by atomic mass is 9.40. The normalized spacial score (nSPS) is 17.9. The van der Waals surface area contributed by atoms with Crippen molar-refractivity contribution in [1.29, 1.82) is 0 Å². The van der Waals surface area contributed by atoms with E-state index >= 15 is 0 Å². The van der Waals surface area contributed by atoms with Gasteiger partial charge in [0.2, 0.25) is 0 Å². The van der Waals surface area contributed by atoms with Crippen LogP contribution >= 0.6 is 11.3 Å². The van der Waals surface area contributed by atoms with Gasteiger partial charge in [0, 0.05) is 4.88 Å². The summed E-state index contributed by atoms with van der Waals surface area (Å²) >= 11 is 1.83. The van der Waals surface area contributed by atoms with Gasteiger partial charge in [-0.3, -0.25) is 0 Å². The second-order valence-corrected chi connectivity index (χ2v) is 5.14. The molecule has 1 aromatic heterocycles. The molecular weight excluding hydrogens is 187 g/mol. The first-order valence-corrected chi connectivity index (χ1v) is 6.48. The van der Waals surface area contributed by atoms with Crippen LogP contribution in [0.3, 0.4) is 0 Å². The van der Waals surface area contributed by atoms with Crippen LogP contribution < -0.4 is 0 Å². The van der Waals surface area contributed by atoms with Crippen molar-refractivity contribution < 1.29 is 0 Å². The van der Waals surface area contributed by atoms with Crippen molar-refractivity contribution in [3.05, 3.63) is 29.0 Å². The fourth-order valence-electron chi connectivity index (χ4n) is 2.29. The Labute approximate surface area is 91.1 Å². The van der Waals surface area contributed by atoms with Gasteiger partial charge in [-0.05, 0) is 11.4 Å². The van der Waals surface area contributed by atoms with Crippen molar-refractivity contribution in [2.45, 2.75) is 38.3 Å². The maximum absolute atomic E-state index is 4.27. The summed E-state index contributed by atoms with van der Waals surface area (Å²) in [5.74, 6) is 0. The molecule has 1 aliphatic rings. The van der Waals surface area contributed by atoms with Crippen molar-refractivity contribution in [2.75, 3.05) is 0 Å². The largest absolute Gasteiger partial charge is 0.176 e. The van der Waals surface area contributed by atoms with Gasteiger partial charge in [-0.1, -0.05) is 49.9 Å². The zero-order valence-electron chi connectivity index (χ0n) is 8.67. The Morgan fingerprint density at radius 3 is 2.50 bits per heavy atom. The van der Waals surface area contributed by atoms with Crippen molar-refractivity contribution in [3.8, 4) is 0 Å². The third-order valence-corrected chi connectivity index (χ3v) is 4.13. The first-order chi connectivity index (χ1) is 6.88. The van der Waals surface area contributed by atoms with Crippen LogP contribution in [0.5, 0.6) is 0 Å². The van der Waals surface area contributed by atoms with Crippen molar-refractivity contribution in [1.82, 2.24) is 0 Å². The minimum Gasteiger partial charge on any atom is -0.145 e. The molecule has 14 heavy (non-hydrogen) atoms. The fourth-order valence-corrected chi connectivity index (χ4v) is 3.07. The molecule has 0 aromatic carbocycles. The summed E-state index contributed by atoms with van der Waals surface area (Å²) in [4.78, 5) is 1.40. The lowest BCUT2D eigenvalue weighted by Gasteiger charge is -2.11. The molecule has 0 spiro atoms. The molecule has 0 N–H and O–H groups in total. The third kappa shape index (κ3) is 2.30. The molecule has 2 heterocycles. The smallest absolute Gasteiger partial charge is 0.145 e. The number of thiophene rings is 1. The van der Waals surface area contributed by atoms with E-state index in [1.165, 1.54) is 48.7 Å². The van der Waals surface area contributed by atoms with Crippen LogP contribution in [0.25, 0.3) is 5.47 Å². The average molecular weight is 204 g/mol. The summed E-state index contributed by atoms with van der Waals surface area (Å²) in [6.07, 6.45) is 8.36. The Balaban J connectivity index is 2.03. The van der Waals surface area contributed by atoms with Gasteiger partial charge in [0.15, 0.2) is 6.71 Å². The molecule has 0 atom stereocenters. The lowest BCUT2D eigenvalue weighted by molar-refractivity contribution is 0.720. The van der Waals surface area contributed by atoms with Gasteiger partial charge in [0.1, 0.15) is 0 Å². The molecule has 0 bridgehead atoms. The van der Waals surface area contributed by atoms with E-state index in [2.05, 4.69) is 24.1 Å². The van der Waals surface area contributed by atoms with Gasteiger partial charge in [0.05, 0.1) is 0 Å². The minimum absolute atomic E-state index is 0.760. The van der Waals surface area contributed by atoms with E-state index in [-0.39, 0.29) is 0 Å². The van der Waals surface area contributed by atoms with Crippen LogP contribution in [0, 0.1) is 0 Å². The van der Waals surface area contributed by atoms with Gasteiger partial charge in [-0.25, -0.2) is 0 Å². The Morgan fingerprint density at radius 2 is 1.93 bits per heavy atom. The van der Waals surface area contributed by atoms with Crippen LogP contribution in [0.4, 0.5) is 0 Å². The van der Waals surface area contributed by atoms with Gasteiger partial charge in [-0.2, -0.15) is 0 Å². The monoisotopic (exact) mass is 204 g/mol. The summed E-state index contributed by atoms with van der Waals surface area (Å²) in [6, 6.07) is 4.33. The molecule has 0 radical (unpaired) electrons. The second kappa shape index (κ2) is 4.83. The second-order valence-electron chi connectivity index (χ2n) is 4.19. The summed E-state index contributed by atoms with van der Waals surface area (Å²) in [7, 11) is 0. The molecule has 1 aromatic rings. The topological polar surface area (TPSA) is 0 Å². The summed E-state index contributed by atoms with van der Waals surface area (Å²) in [5.41, 5.74) is 1.39. The standard InChI is InChI=1S/C12H17BS/c1-11(12-7-6-10-14-12)13-8-4-2-3-5-9-13/h6-7,10H,1-5,8-9H2. The van der Waals surface area contributed by atoms with Crippen LogP contribution in [-0.4, -0.2) is 6.71 Å². The van der Waals surface area contributed by atoms with Crippen molar-refractivity contribution in [3.63, 3.8) is 0 Å². The number of rotatable bonds is 2. The van der Waals surface area contributed by atoms with Crippen molar-refractivity contribution >= 4 is 23.5 Å². The highest BCUT2D eigenvalue weighted by Gasteiger charge is 2.20. The average Bonchev–Trinajstić information content (AvgIpc) is 2.59. The van der Waals surface area contributed by atoms with E-state index in [1.54, 1.807) is 0 Å². The maximum Gasteiger partial charge on any atom is 0.176 e. The van der Waals surface area contributed by atoms with Gasteiger partial charge >= 0.3 is 0 Å². The summed E-state index contributed by atoms with van der Waals surface area (Å²) < 4.78 is 0. The first-order valence-electron chi connectivity index (χ1n) is 5.60. The molecule has 0 aliphatic carbocycles. The van der Waals surface area contributed by atoms with E-state index in [0.717, 1.165) is 6.71 Å². The third-order valence-electron chi connectivity index (χ3n) is 3.19. The molecule has 0 amide bonds. The van der Waals surface area contributed by atoms with E-state index in [4.69, 9.17) is 0 Å². The predicted octanol–water partition coefficient (Wildman–Crippen LogP) is 4.37. The molecule has 0 saturated carbocycles. The Kier molecular flexibility index (Phi) is 3.47. The molecule has 1 aliphatic heterocycles. The van der Waals surface area contributed by atoms with Crippen LogP contribution in [0.15, 0.2) is 24.1 Å². The highest BCUT2D eigenvalue weighted by molar-refractivity contribution is 7.12. The van der Waals surface area contributed by atoms with Crippen LogP contribution in [0.1, 0.15) is 30.6 Å². The molecule has 1 saturated heterocycles. The van der Waals surface area contributed by atoms with Gasteiger partial charge in [-0.15, -0.1) is 17.9 Å². The van der Waals surface area contributed by atoms with E-state index < -0.39 is 0 Å². The number of hydrogen-bond donors (Lipinski definition) is 0. The van der Waals surface area contributed by atoms with Crippen LogP contribution in [0.2, 0.25) is 12.6 Å². The Morgan fingerprint density at radius 1 is 1.21 bits per heavy atom. The molecule has 0 nitrogen and oxygen atoms in total. The fraction of sp³-hybridized carbons (Fsp3) is 0.500. The SMILES string of the molecule is C=C(B1CCCCCC1)c1cccs1. The zero-order valence-corrected chi connectivity index (χ0v) is 9.48. The summed E-state index contributed by atoms with van der Waals surface area (Å²) in [5, 5.41) is 2.15. The predicted molar refractivity (Wildman–Crippen MR) is 67.2 cm³/mol. The Hall–Kier alpha value is -0.495. The molecular formula is C12H17BS. The van der Waals surface area contributed by atoms with Gasteiger partial charge in [0.25, 0.3) is 0 Å². The molecule has 74 valence electrons. The molecule has 2 rings (SSSR count). The zero-order chi connectivity index (χ0) is 9.80. The minimum atomic E-state index is 0.760. The van der Waals surface area contributed by atoms with Crippen LogP contribution in [-0.2, 0) is 0 Å². The van der Waals surface area contributed by atoms with E-state index in [9.17, 15) is 0 Å². The maximum atomic E-state index is 4.27. The van der Waals surface area contributed by atoms with E-state index in [0.29, 0.717) is 0 Å². The number of hydrogen-bond acceptors (Lipinski definition) is 1. The highest BCUT2D eigenvalue weighted by Crippen LogP contribution is 2.29. The quantitative estimate of drug-likeness (QED) is 0.627. The highest BCUT2D eigenvalue weighted by atomic mass is 32.1. The van der Waals surface area contributed by atoms with E-state index in [1.807, 2.05) is 11.3 Å². The first kappa shape index (κ1) is 10.0. The lowest BCUT2D eigenvalue weighted by Crippen LogP contribution is -2.12.